The summed E-state index contributed by atoms with van der Waals surface area (Å²) in [5.74, 6) is 2.55. The van der Waals surface area contributed by atoms with Gasteiger partial charge in [-0.3, -0.25) is 9.69 Å². The summed E-state index contributed by atoms with van der Waals surface area (Å²) in [5, 5.41) is 6.41. The van der Waals surface area contributed by atoms with Crippen LogP contribution in [0.5, 0.6) is 5.75 Å². The Hall–Kier alpha value is -1.05. The van der Waals surface area contributed by atoms with Crippen LogP contribution < -0.4 is 15.4 Å². The number of para-hydroxylation sites is 1. The standard InChI is InChI=1S/C24H37N3O3.2ClH/c28-24(26-16-22-5-3-15-29-22)18-30-23-6-2-1-4-21(23)17-27-13-9-20(10-14-27)19-7-11-25-12-8-19;;/h1-2,4,6,19-20,22,25H,3,5,7-18H2,(H,26,28);2*1H. The predicted molar refractivity (Wildman–Crippen MR) is 132 cm³/mol. The van der Waals surface area contributed by atoms with Crippen LogP contribution >= 0.6 is 24.8 Å². The molecular formula is C24H39Cl2N3O3. The first-order valence-corrected chi connectivity index (χ1v) is 11.8. The van der Waals surface area contributed by atoms with Gasteiger partial charge in [0, 0.05) is 25.3 Å². The maximum Gasteiger partial charge on any atom is 0.258 e. The summed E-state index contributed by atoms with van der Waals surface area (Å²) in [6, 6.07) is 8.14. The van der Waals surface area contributed by atoms with Crippen molar-refractivity contribution in [3.05, 3.63) is 29.8 Å². The Labute approximate surface area is 205 Å². The fraction of sp³-hybridized carbons (Fsp3) is 0.708. The molecule has 1 amide bonds. The molecule has 1 aromatic rings. The Bertz CT molecular complexity index is 674. The second-order valence-corrected chi connectivity index (χ2v) is 9.04. The predicted octanol–water partition coefficient (Wildman–Crippen LogP) is 3.42. The lowest BCUT2D eigenvalue weighted by atomic mass is 9.79. The van der Waals surface area contributed by atoms with Crippen LogP contribution in [0, 0.1) is 11.8 Å². The minimum Gasteiger partial charge on any atom is -0.483 e. The molecule has 0 aromatic heterocycles. The molecular weight excluding hydrogens is 449 g/mol. The number of ether oxygens (including phenoxy) is 2. The average molecular weight is 489 g/mol. The third-order valence-corrected chi connectivity index (χ3v) is 6.96. The summed E-state index contributed by atoms with van der Waals surface area (Å²) in [5.41, 5.74) is 1.17. The molecule has 3 saturated heterocycles. The first-order chi connectivity index (χ1) is 14.8. The van der Waals surface area contributed by atoms with Crippen molar-refractivity contribution in [2.75, 3.05) is 45.9 Å². The summed E-state index contributed by atoms with van der Waals surface area (Å²) in [7, 11) is 0. The molecule has 182 valence electrons. The summed E-state index contributed by atoms with van der Waals surface area (Å²) in [6.45, 7) is 7.03. The van der Waals surface area contributed by atoms with E-state index < -0.39 is 0 Å². The molecule has 3 heterocycles. The lowest BCUT2D eigenvalue weighted by Gasteiger charge is -2.38. The van der Waals surface area contributed by atoms with Crippen molar-refractivity contribution in [2.45, 2.75) is 51.2 Å². The highest BCUT2D eigenvalue weighted by Crippen LogP contribution is 2.32. The van der Waals surface area contributed by atoms with Crippen molar-refractivity contribution in [3.63, 3.8) is 0 Å². The van der Waals surface area contributed by atoms with Crippen molar-refractivity contribution < 1.29 is 14.3 Å². The molecule has 2 N–H and O–H groups in total. The van der Waals surface area contributed by atoms with Gasteiger partial charge in [-0.15, -0.1) is 24.8 Å². The molecule has 0 bridgehead atoms. The number of benzene rings is 1. The number of nitrogens with zero attached hydrogens (tertiary/aromatic N) is 1. The minimum absolute atomic E-state index is 0. The van der Waals surface area contributed by atoms with E-state index in [0.29, 0.717) is 6.54 Å². The SMILES string of the molecule is Cl.Cl.O=C(COc1ccccc1CN1CCC(C2CCNCC2)CC1)NCC1CCCO1. The van der Waals surface area contributed by atoms with Crippen molar-refractivity contribution in [3.8, 4) is 5.75 Å². The zero-order valence-corrected chi connectivity index (χ0v) is 20.6. The summed E-state index contributed by atoms with van der Waals surface area (Å²) >= 11 is 0. The van der Waals surface area contributed by atoms with E-state index in [1.54, 1.807) is 0 Å². The minimum atomic E-state index is -0.0805. The lowest BCUT2D eigenvalue weighted by Crippen LogP contribution is -2.39. The van der Waals surface area contributed by atoms with Crippen LogP contribution in [-0.4, -0.2) is 62.8 Å². The van der Waals surface area contributed by atoms with E-state index in [4.69, 9.17) is 9.47 Å². The second kappa shape index (κ2) is 14.3. The third kappa shape index (κ3) is 8.07. The lowest BCUT2D eigenvalue weighted by molar-refractivity contribution is -0.123. The number of nitrogens with one attached hydrogen (secondary N) is 2. The molecule has 4 rings (SSSR count). The smallest absolute Gasteiger partial charge is 0.258 e. The topological polar surface area (TPSA) is 62.8 Å². The van der Waals surface area contributed by atoms with Gasteiger partial charge in [0.25, 0.3) is 5.91 Å². The number of carbonyl (C=O) groups is 1. The molecule has 3 aliphatic rings. The number of hydrogen-bond donors (Lipinski definition) is 2. The Balaban J connectivity index is 0.00000181. The maximum absolute atomic E-state index is 12.2. The fourth-order valence-electron chi connectivity index (χ4n) is 5.14. The van der Waals surface area contributed by atoms with E-state index in [-0.39, 0.29) is 43.4 Å². The number of amides is 1. The van der Waals surface area contributed by atoms with E-state index >= 15 is 0 Å². The van der Waals surface area contributed by atoms with Gasteiger partial charge in [-0.1, -0.05) is 18.2 Å². The molecule has 3 fully saturated rings. The van der Waals surface area contributed by atoms with E-state index in [2.05, 4.69) is 27.7 Å². The molecule has 1 unspecified atom stereocenters. The van der Waals surface area contributed by atoms with Gasteiger partial charge < -0.3 is 20.1 Å². The van der Waals surface area contributed by atoms with Crippen LogP contribution in [-0.2, 0) is 16.1 Å². The molecule has 0 saturated carbocycles. The molecule has 6 nitrogen and oxygen atoms in total. The van der Waals surface area contributed by atoms with Gasteiger partial charge in [-0.25, -0.2) is 0 Å². The van der Waals surface area contributed by atoms with Gasteiger partial charge in [0.15, 0.2) is 6.61 Å². The van der Waals surface area contributed by atoms with E-state index in [1.807, 2.05) is 12.1 Å². The summed E-state index contributed by atoms with van der Waals surface area (Å²) in [6.07, 6.45) is 7.57. The number of hydrogen-bond acceptors (Lipinski definition) is 5. The van der Waals surface area contributed by atoms with Crippen LogP contribution in [0.1, 0.15) is 44.1 Å². The molecule has 32 heavy (non-hydrogen) atoms. The molecule has 8 heteroatoms. The Morgan fingerprint density at radius 3 is 2.50 bits per heavy atom. The van der Waals surface area contributed by atoms with Crippen molar-refractivity contribution in [1.82, 2.24) is 15.5 Å². The van der Waals surface area contributed by atoms with Gasteiger partial charge in [0.2, 0.25) is 0 Å². The molecule has 0 radical (unpaired) electrons. The van der Waals surface area contributed by atoms with Crippen LogP contribution in [0.25, 0.3) is 0 Å². The monoisotopic (exact) mass is 487 g/mol. The van der Waals surface area contributed by atoms with Crippen molar-refractivity contribution >= 4 is 30.7 Å². The van der Waals surface area contributed by atoms with Gasteiger partial charge >= 0.3 is 0 Å². The number of piperidine rings is 2. The molecule has 0 spiro atoms. The Morgan fingerprint density at radius 2 is 1.78 bits per heavy atom. The van der Waals surface area contributed by atoms with Gasteiger partial charge in [-0.05, 0) is 82.6 Å². The van der Waals surface area contributed by atoms with Crippen LogP contribution in [0.15, 0.2) is 24.3 Å². The Kier molecular flexibility index (Phi) is 12.1. The Morgan fingerprint density at radius 1 is 1.06 bits per heavy atom. The summed E-state index contributed by atoms with van der Waals surface area (Å²) < 4.78 is 11.4. The highest BCUT2D eigenvalue weighted by molar-refractivity contribution is 5.85. The van der Waals surface area contributed by atoms with E-state index in [9.17, 15) is 4.79 Å². The van der Waals surface area contributed by atoms with Gasteiger partial charge in [0.1, 0.15) is 5.75 Å². The molecule has 3 aliphatic heterocycles. The van der Waals surface area contributed by atoms with Crippen molar-refractivity contribution in [2.24, 2.45) is 11.8 Å². The van der Waals surface area contributed by atoms with Gasteiger partial charge in [0.05, 0.1) is 6.10 Å². The first-order valence-electron chi connectivity index (χ1n) is 11.8. The third-order valence-electron chi connectivity index (χ3n) is 6.96. The highest BCUT2D eigenvalue weighted by Gasteiger charge is 2.27. The molecule has 1 atom stereocenters. The highest BCUT2D eigenvalue weighted by atomic mass is 35.5. The zero-order valence-electron chi connectivity index (χ0n) is 18.9. The van der Waals surface area contributed by atoms with Crippen LogP contribution in [0.4, 0.5) is 0 Å². The van der Waals surface area contributed by atoms with Crippen LogP contribution in [0.3, 0.4) is 0 Å². The number of carbonyl (C=O) groups excluding carboxylic acids is 1. The fourth-order valence-corrected chi connectivity index (χ4v) is 5.14. The first kappa shape index (κ1) is 27.2. The normalized spacial score (nSPS) is 22.6. The van der Waals surface area contributed by atoms with E-state index in [0.717, 1.165) is 56.7 Å². The van der Waals surface area contributed by atoms with Crippen LogP contribution in [0.2, 0.25) is 0 Å². The molecule has 0 aliphatic carbocycles. The largest absolute Gasteiger partial charge is 0.483 e. The average Bonchev–Trinajstić information content (AvgIpc) is 3.32. The summed E-state index contributed by atoms with van der Waals surface area (Å²) in [4.78, 5) is 14.7. The van der Waals surface area contributed by atoms with E-state index in [1.165, 1.54) is 44.3 Å². The number of halogens is 2. The quantitative estimate of drug-likeness (QED) is 0.587. The zero-order chi connectivity index (χ0) is 20.6. The van der Waals surface area contributed by atoms with Crippen molar-refractivity contribution in [1.29, 1.82) is 0 Å². The molecule has 1 aromatic carbocycles. The van der Waals surface area contributed by atoms with Gasteiger partial charge in [-0.2, -0.15) is 0 Å². The second-order valence-electron chi connectivity index (χ2n) is 9.04. The number of likely N-dealkylation sites (tertiary alicyclic amines) is 1. The number of rotatable bonds is 8. The maximum atomic E-state index is 12.2.